The normalized spacial score (nSPS) is 23.9. The average molecular weight is 256 g/mol. The van der Waals surface area contributed by atoms with Crippen LogP contribution in [0.3, 0.4) is 0 Å². The van der Waals surface area contributed by atoms with Crippen LogP contribution in [0, 0.1) is 5.92 Å². The van der Waals surface area contributed by atoms with E-state index in [0.29, 0.717) is 0 Å². The Balaban J connectivity index is 2.45. The van der Waals surface area contributed by atoms with Crippen LogP contribution in [-0.2, 0) is 9.53 Å². The summed E-state index contributed by atoms with van der Waals surface area (Å²) in [5.41, 5.74) is -0.548. The summed E-state index contributed by atoms with van der Waals surface area (Å²) in [6.07, 6.45) is 3.37. The molecule has 0 aliphatic carbocycles. The summed E-state index contributed by atoms with van der Waals surface area (Å²) in [5, 5.41) is 3.26. The van der Waals surface area contributed by atoms with Crippen molar-refractivity contribution in [1.29, 1.82) is 0 Å². The predicted octanol–water partition coefficient (Wildman–Crippen LogP) is 1.65. The average Bonchev–Trinajstić information content (AvgIpc) is 2.83. The molecular formula is C14H28N2O2. The number of esters is 1. The van der Waals surface area contributed by atoms with Crippen molar-refractivity contribution in [2.24, 2.45) is 5.92 Å². The van der Waals surface area contributed by atoms with E-state index in [0.717, 1.165) is 25.4 Å². The maximum absolute atomic E-state index is 11.8. The fourth-order valence-corrected chi connectivity index (χ4v) is 2.71. The van der Waals surface area contributed by atoms with Gasteiger partial charge in [-0.2, -0.15) is 0 Å². The molecule has 0 saturated carbocycles. The van der Waals surface area contributed by atoms with Gasteiger partial charge in [0.15, 0.2) is 0 Å². The summed E-state index contributed by atoms with van der Waals surface area (Å²) in [6.45, 7) is 10.3. The van der Waals surface area contributed by atoms with Crippen molar-refractivity contribution in [3.05, 3.63) is 0 Å². The molecular weight excluding hydrogens is 228 g/mol. The van der Waals surface area contributed by atoms with Crippen LogP contribution in [0.15, 0.2) is 0 Å². The van der Waals surface area contributed by atoms with Gasteiger partial charge in [0.05, 0.1) is 7.11 Å². The Morgan fingerprint density at radius 1 is 1.50 bits per heavy atom. The van der Waals surface area contributed by atoms with Crippen molar-refractivity contribution in [2.45, 2.75) is 45.6 Å². The van der Waals surface area contributed by atoms with Gasteiger partial charge in [-0.1, -0.05) is 20.3 Å². The minimum absolute atomic E-state index is 0.157. The molecule has 0 radical (unpaired) electrons. The van der Waals surface area contributed by atoms with E-state index in [1.165, 1.54) is 33.0 Å². The monoisotopic (exact) mass is 256 g/mol. The highest BCUT2D eigenvalue weighted by molar-refractivity contribution is 5.80. The van der Waals surface area contributed by atoms with Gasteiger partial charge >= 0.3 is 5.97 Å². The molecule has 18 heavy (non-hydrogen) atoms. The number of nitrogens with one attached hydrogen (secondary N) is 1. The maximum atomic E-state index is 11.8. The number of hydrogen-bond donors (Lipinski definition) is 1. The number of likely N-dealkylation sites (N-methyl/N-ethyl adjacent to an activating group) is 1. The second kappa shape index (κ2) is 7.10. The van der Waals surface area contributed by atoms with Crippen LogP contribution >= 0.6 is 0 Å². The van der Waals surface area contributed by atoms with Crippen LogP contribution in [0.5, 0.6) is 0 Å². The summed E-state index contributed by atoms with van der Waals surface area (Å²) in [5.74, 6) is 0.684. The largest absolute Gasteiger partial charge is 0.468 e. The standard InChI is InChI=1S/C14H28N2O2/c1-5-12-7-9-16(11-12)10-8-14(3,15-6-2)13(17)18-4/h12,15H,5-11H2,1-4H3. The first-order valence-corrected chi connectivity index (χ1v) is 7.11. The summed E-state index contributed by atoms with van der Waals surface area (Å²) in [6, 6.07) is 0. The number of likely N-dealkylation sites (tertiary alicyclic amines) is 1. The number of carbonyl (C=O) groups is 1. The van der Waals surface area contributed by atoms with Gasteiger partial charge in [-0.15, -0.1) is 0 Å². The number of carbonyl (C=O) groups excluding carboxylic acids is 1. The van der Waals surface area contributed by atoms with E-state index in [1.807, 2.05) is 13.8 Å². The molecule has 106 valence electrons. The third kappa shape index (κ3) is 3.95. The highest BCUT2D eigenvalue weighted by atomic mass is 16.5. The van der Waals surface area contributed by atoms with Crippen LogP contribution in [-0.4, -0.2) is 49.7 Å². The molecule has 1 aliphatic heterocycles. The zero-order chi connectivity index (χ0) is 13.6. The number of methoxy groups -OCH3 is 1. The first-order valence-electron chi connectivity index (χ1n) is 7.11. The lowest BCUT2D eigenvalue weighted by molar-refractivity contribution is -0.148. The highest BCUT2D eigenvalue weighted by Crippen LogP contribution is 2.21. The lowest BCUT2D eigenvalue weighted by Crippen LogP contribution is -2.51. The van der Waals surface area contributed by atoms with Gasteiger partial charge in [0.2, 0.25) is 0 Å². The molecule has 0 amide bonds. The molecule has 2 unspecified atom stereocenters. The molecule has 1 rings (SSSR count). The quantitative estimate of drug-likeness (QED) is 0.703. The van der Waals surface area contributed by atoms with E-state index >= 15 is 0 Å². The molecule has 4 heteroatoms. The molecule has 0 spiro atoms. The number of nitrogens with zero attached hydrogens (tertiary/aromatic N) is 1. The van der Waals surface area contributed by atoms with Crippen molar-refractivity contribution >= 4 is 5.97 Å². The van der Waals surface area contributed by atoms with Gasteiger partial charge in [0, 0.05) is 13.1 Å². The Labute approximate surface area is 111 Å². The second-order valence-corrected chi connectivity index (χ2v) is 5.47. The van der Waals surface area contributed by atoms with Crippen LogP contribution in [0.4, 0.5) is 0 Å². The fraction of sp³-hybridized carbons (Fsp3) is 0.929. The first-order chi connectivity index (χ1) is 8.55. The molecule has 4 nitrogen and oxygen atoms in total. The van der Waals surface area contributed by atoms with Gasteiger partial charge in [-0.25, -0.2) is 0 Å². The molecule has 1 N–H and O–H groups in total. The molecule has 1 fully saturated rings. The van der Waals surface area contributed by atoms with Gasteiger partial charge in [0.1, 0.15) is 5.54 Å². The van der Waals surface area contributed by atoms with Crippen molar-refractivity contribution in [3.8, 4) is 0 Å². The summed E-state index contributed by atoms with van der Waals surface area (Å²) >= 11 is 0. The third-order valence-electron chi connectivity index (χ3n) is 4.08. The highest BCUT2D eigenvalue weighted by Gasteiger charge is 2.34. The molecule has 1 saturated heterocycles. The van der Waals surface area contributed by atoms with Crippen LogP contribution in [0.2, 0.25) is 0 Å². The molecule has 1 heterocycles. The van der Waals surface area contributed by atoms with Crippen LogP contribution in [0.25, 0.3) is 0 Å². The predicted molar refractivity (Wildman–Crippen MR) is 73.6 cm³/mol. The van der Waals surface area contributed by atoms with Gasteiger partial charge in [-0.05, 0) is 38.8 Å². The molecule has 0 aromatic carbocycles. The molecule has 0 aromatic heterocycles. The van der Waals surface area contributed by atoms with Crippen LogP contribution < -0.4 is 5.32 Å². The Morgan fingerprint density at radius 2 is 2.22 bits per heavy atom. The summed E-state index contributed by atoms with van der Waals surface area (Å²) in [4.78, 5) is 14.3. The minimum Gasteiger partial charge on any atom is -0.468 e. The fourth-order valence-electron chi connectivity index (χ4n) is 2.71. The van der Waals surface area contributed by atoms with Crippen molar-refractivity contribution in [1.82, 2.24) is 10.2 Å². The first kappa shape index (κ1) is 15.4. The van der Waals surface area contributed by atoms with E-state index in [2.05, 4.69) is 17.1 Å². The number of rotatable bonds is 7. The van der Waals surface area contributed by atoms with Crippen molar-refractivity contribution in [2.75, 3.05) is 33.3 Å². The molecule has 0 bridgehead atoms. The lowest BCUT2D eigenvalue weighted by Gasteiger charge is -2.29. The summed E-state index contributed by atoms with van der Waals surface area (Å²) in [7, 11) is 1.46. The Morgan fingerprint density at radius 3 is 2.72 bits per heavy atom. The maximum Gasteiger partial charge on any atom is 0.325 e. The number of ether oxygens (including phenoxy) is 1. The smallest absolute Gasteiger partial charge is 0.325 e. The third-order valence-corrected chi connectivity index (χ3v) is 4.08. The lowest BCUT2D eigenvalue weighted by atomic mass is 9.97. The van der Waals surface area contributed by atoms with E-state index in [-0.39, 0.29) is 5.97 Å². The minimum atomic E-state index is -0.548. The van der Waals surface area contributed by atoms with E-state index in [1.54, 1.807) is 0 Å². The zero-order valence-corrected chi connectivity index (χ0v) is 12.3. The SMILES string of the molecule is CCNC(C)(CCN1CCC(CC)C1)C(=O)OC. The van der Waals surface area contributed by atoms with Gasteiger partial charge in [-0.3, -0.25) is 4.79 Å². The van der Waals surface area contributed by atoms with Crippen molar-refractivity contribution in [3.63, 3.8) is 0 Å². The second-order valence-electron chi connectivity index (χ2n) is 5.47. The van der Waals surface area contributed by atoms with Gasteiger partial charge < -0.3 is 15.0 Å². The Hall–Kier alpha value is -0.610. The molecule has 2 atom stereocenters. The van der Waals surface area contributed by atoms with Crippen LogP contribution in [0.1, 0.15) is 40.0 Å². The zero-order valence-electron chi connectivity index (χ0n) is 12.3. The topological polar surface area (TPSA) is 41.6 Å². The van der Waals surface area contributed by atoms with E-state index in [4.69, 9.17) is 4.74 Å². The van der Waals surface area contributed by atoms with E-state index < -0.39 is 5.54 Å². The number of hydrogen-bond acceptors (Lipinski definition) is 4. The Kier molecular flexibility index (Phi) is 6.09. The Bertz CT molecular complexity index is 271. The summed E-state index contributed by atoms with van der Waals surface area (Å²) < 4.78 is 4.91. The van der Waals surface area contributed by atoms with E-state index in [9.17, 15) is 4.79 Å². The molecule has 1 aliphatic rings. The van der Waals surface area contributed by atoms with Gasteiger partial charge in [0.25, 0.3) is 0 Å². The van der Waals surface area contributed by atoms with Crippen molar-refractivity contribution < 1.29 is 9.53 Å². The molecule has 0 aromatic rings.